The van der Waals surface area contributed by atoms with Crippen molar-refractivity contribution in [1.29, 1.82) is 0 Å². The predicted molar refractivity (Wildman–Crippen MR) is 106 cm³/mol. The number of halogens is 3. The Morgan fingerprint density at radius 3 is 2.43 bits per heavy atom. The van der Waals surface area contributed by atoms with E-state index in [1.807, 2.05) is 4.90 Å². The van der Waals surface area contributed by atoms with E-state index in [9.17, 15) is 22.8 Å². The van der Waals surface area contributed by atoms with Gasteiger partial charge in [0.05, 0.1) is 5.56 Å². The molecule has 1 saturated carbocycles. The second-order valence-electron chi connectivity index (χ2n) is 9.12. The lowest BCUT2D eigenvalue weighted by atomic mass is 10.0. The van der Waals surface area contributed by atoms with E-state index in [1.54, 1.807) is 0 Å². The van der Waals surface area contributed by atoms with E-state index < -0.39 is 23.7 Å². The number of hydrogen-bond donors (Lipinski definition) is 1. The maximum atomic E-state index is 12.9. The predicted octanol–water partition coefficient (Wildman–Crippen LogP) is 3.15. The number of likely N-dealkylation sites (tertiary alicyclic amines) is 2. The lowest BCUT2D eigenvalue weighted by Crippen LogP contribution is -2.44. The minimum atomic E-state index is -4.51. The van der Waals surface area contributed by atoms with Crippen LogP contribution in [0.2, 0.25) is 0 Å². The summed E-state index contributed by atoms with van der Waals surface area (Å²) in [5, 5.41) is 2.64. The Morgan fingerprint density at radius 1 is 1.17 bits per heavy atom. The molecule has 1 aromatic carbocycles. The molecule has 0 bridgehead atoms. The summed E-state index contributed by atoms with van der Waals surface area (Å²) in [6.07, 6.45) is -2.03. The molecule has 3 atom stereocenters. The number of carbonyl (C=O) groups excluding carboxylic acids is 2. The smallest absolute Gasteiger partial charge is 0.340 e. The number of nitrogens with one attached hydrogen (secondary N) is 1. The second kappa shape index (κ2) is 7.87. The van der Waals surface area contributed by atoms with E-state index in [4.69, 9.17) is 0 Å². The normalized spacial score (nSPS) is 29.7. The van der Waals surface area contributed by atoms with Crippen molar-refractivity contribution in [1.82, 2.24) is 15.1 Å². The van der Waals surface area contributed by atoms with Crippen molar-refractivity contribution in [2.75, 3.05) is 19.6 Å². The first-order valence-electron chi connectivity index (χ1n) is 10.7. The highest BCUT2D eigenvalue weighted by molar-refractivity contribution is 5.98. The summed E-state index contributed by atoms with van der Waals surface area (Å²) in [4.78, 5) is 29.7. The van der Waals surface area contributed by atoms with Gasteiger partial charge in [0.1, 0.15) is 6.04 Å². The quantitative estimate of drug-likeness (QED) is 0.810. The largest absolute Gasteiger partial charge is 0.416 e. The maximum absolute atomic E-state index is 12.9. The molecule has 4 rings (SSSR count). The van der Waals surface area contributed by atoms with Crippen LogP contribution >= 0.6 is 0 Å². The fraction of sp³-hybridized carbons (Fsp3) is 0.636. The van der Waals surface area contributed by atoms with Gasteiger partial charge in [-0.15, -0.1) is 0 Å². The van der Waals surface area contributed by atoms with Crippen LogP contribution in [0.1, 0.15) is 49.0 Å². The lowest BCUT2D eigenvalue weighted by molar-refractivity contribution is -0.137. The third-order valence-electron chi connectivity index (χ3n) is 6.92. The Morgan fingerprint density at radius 2 is 1.83 bits per heavy atom. The van der Waals surface area contributed by atoms with Gasteiger partial charge in [-0.1, -0.05) is 6.07 Å². The number of benzene rings is 1. The van der Waals surface area contributed by atoms with Crippen molar-refractivity contribution in [2.45, 2.75) is 57.4 Å². The van der Waals surface area contributed by atoms with Crippen LogP contribution in [0.5, 0.6) is 0 Å². The van der Waals surface area contributed by atoms with Crippen LogP contribution < -0.4 is 5.32 Å². The van der Waals surface area contributed by atoms with E-state index in [1.165, 1.54) is 12.1 Å². The molecule has 0 aromatic heterocycles. The summed E-state index contributed by atoms with van der Waals surface area (Å²) in [6, 6.07) is 4.37. The highest BCUT2D eigenvalue weighted by atomic mass is 19.4. The molecule has 3 aliphatic rings. The van der Waals surface area contributed by atoms with Crippen molar-refractivity contribution < 1.29 is 22.8 Å². The molecule has 1 N–H and O–H groups in total. The van der Waals surface area contributed by atoms with Crippen LogP contribution in [-0.2, 0) is 11.0 Å². The van der Waals surface area contributed by atoms with Crippen LogP contribution in [0.4, 0.5) is 13.2 Å². The van der Waals surface area contributed by atoms with E-state index in [-0.39, 0.29) is 17.5 Å². The van der Waals surface area contributed by atoms with Crippen LogP contribution in [0.3, 0.4) is 0 Å². The van der Waals surface area contributed by atoms with Gasteiger partial charge < -0.3 is 15.1 Å². The first-order chi connectivity index (χ1) is 14.1. The van der Waals surface area contributed by atoms with Crippen LogP contribution in [0.15, 0.2) is 24.3 Å². The van der Waals surface area contributed by atoms with E-state index in [0.29, 0.717) is 30.8 Å². The molecule has 2 heterocycles. The lowest BCUT2D eigenvalue weighted by Gasteiger charge is -2.27. The standard InChI is InChI=1S/C22H28F3N3O2/c1-13(2)27-11-15-9-18(10-16(15)12-27)28-7-6-19(21(28)30)26-20(29)14-4-3-5-17(8-14)22(23,24)25/h3-5,8,13,15-16,18-19H,6-7,9-12H2,1-2H3,(H,26,29). The molecule has 2 amide bonds. The van der Waals surface area contributed by atoms with Gasteiger partial charge in [0.15, 0.2) is 0 Å². The number of rotatable bonds is 4. The molecule has 2 aliphatic heterocycles. The topological polar surface area (TPSA) is 52.6 Å². The van der Waals surface area contributed by atoms with Crippen LogP contribution in [0.25, 0.3) is 0 Å². The number of amides is 2. The number of fused-ring (bicyclic) bond motifs is 1. The van der Waals surface area contributed by atoms with Crippen molar-refractivity contribution in [3.63, 3.8) is 0 Å². The van der Waals surface area contributed by atoms with Crippen molar-refractivity contribution in [2.24, 2.45) is 11.8 Å². The maximum Gasteiger partial charge on any atom is 0.416 e. The SMILES string of the molecule is CC(C)N1CC2CC(N3CCC(NC(=O)c4cccc(C(F)(F)F)c4)C3=O)CC2C1. The third-order valence-corrected chi connectivity index (χ3v) is 6.92. The van der Waals surface area contributed by atoms with E-state index >= 15 is 0 Å². The minimum absolute atomic E-state index is 0.0831. The van der Waals surface area contributed by atoms with Gasteiger partial charge in [0, 0.05) is 37.3 Å². The molecular weight excluding hydrogens is 395 g/mol. The van der Waals surface area contributed by atoms with Gasteiger partial charge in [-0.25, -0.2) is 0 Å². The first kappa shape index (κ1) is 21.2. The monoisotopic (exact) mass is 423 g/mol. The number of carbonyl (C=O) groups is 2. The zero-order valence-corrected chi connectivity index (χ0v) is 17.3. The summed E-state index contributed by atoms with van der Waals surface area (Å²) >= 11 is 0. The number of hydrogen-bond acceptors (Lipinski definition) is 3. The summed E-state index contributed by atoms with van der Waals surface area (Å²) in [5.41, 5.74) is -0.956. The molecule has 0 radical (unpaired) electrons. The van der Waals surface area contributed by atoms with Crippen molar-refractivity contribution in [3.8, 4) is 0 Å². The van der Waals surface area contributed by atoms with Crippen molar-refractivity contribution >= 4 is 11.8 Å². The Kier molecular flexibility index (Phi) is 5.55. The van der Waals surface area contributed by atoms with Crippen molar-refractivity contribution in [3.05, 3.63) is 35.4 Å². The molecule has 3 fully saturated rings. The zero-order valence-electron chi connectivity index (χ0n) is 17.3. The molecule has 1 aromatic rings. The molecule has 2 saturated heterocycles. The summed E-state index contributed by atoms with van der Waals surface area (Å²) < 4.78 is 38.7. The molecule has 1 aliphatic carbocycles. The van der Waals surface area contributed by atoms with Gasteiger partial charge in [-0.3, -0.25) is 9.59 Å². The van der Waals surface area contributed by atoms with Gasteiger partial charge in [-0.2, -0.15) is 13.2 Å². The van der Waals surface area contributed by atoms with Gasteiger partial charge >= 0.3 is 6.18 Å². The van der Waals surface area contributed by atoms with Gasteiger partial charge in [0.2, 0.25) is 5.91 Å². The third kappa shape index (κ3) is 4.06. The van der Waals surface area contributed by atoms with Crippen LogP contribution in [-0.4, -0.2) is 59.4 Å². The molecule has 30 heavy (non-hydrogen) atoms. The highest BCUT2D eigenvalue weighted by Crippen LogP contribution is 2.41. The van der Waals surface area contributed by atoms with Crippen LogP contribution in [0, 0.1) is 11.8 Å². The Bertz CT molecular complexity index is 812. The van der Waals surface area contributed by atoms with Gasteiger partial charge in [-0.05, 0) is 63.1 Å². The molecule has 164 valence electrons. The molecule has 8 heteroatoms. The average molecular weight is 423 g/mol. The Labute approximate surface area is 174 Å². The fourth-order valence-electron chi connectivity index (χ4n) is 5.26. The van der Waals surface area contributed by atoms with Gasteiger partial charge in [0.25, 0.3) is 5.91 Å². The first-order valence-corrected chi connectivity index (χ1v) is 10.7. The second-order valence-corrected chi connectivity index (χ2v) is 9.12. The Hall–Kier alpha value is -2.09. The number of alkyl halides is 3. The van der Waals surface area contributed by atoms with E-state index in [2.05, 4.69) is 24.1 Å². The average Bonchev–Trinajstić information content (AvgIpc) is 3.35. The summed E-state index contributed by atoms with van der Waals surface area (Å²) in [5.74, 6) is 0.478. The number of nitrogens with zero attached hydrogens (tertiary/aromatic N) is 2. The molecule has 3 unspecified atom stereocenters. The highest BCUT2D eigenvalue weighted by Gasteiger charge is 2.46. The fourth-order valence-corrected chi connectivity index (χ4v) is 5.26. The summed E-state index contributed by atoms with van der Waals surface area (Å²) in [7, 11) is 0. The minimum Gasteiger partial charge on any atom is -0.340 e. The molecule has 5 nitrogen and oxygen atoms in total. The molecular formula is C22H28F3N3O2. The zero-order chi connectivity index (χ0) is 21.6. The summed E-state index contributed by atoms with van der Waals surface area (Å²) in [6.45, 7) is 7.16. The Balaban J connectivity index is 1.35. The molecule has 0 spiro atoms. The van der Waals surface area contributed by atoms with E-state index in [0.717, 1.165) is 38.1 Å².